The number of nitrogen functional groups attached to an aromatic ring is 1. The molecule has 4 N–H and O–H groups in total. The van der Waals surface area contributed by atoms with E-state index in [9.17, 15) is 0 Å². The van der Waals surface area contributed by atoms with Crippen molar-refractivity contribution in [3.63, 3.8) is 0 Å². The molecule has 1 fully saturated rings. The molecule has 0 saturated carbocycles. The Bertz CT molecular complexity index is 413. The van der Waals surface area contributed by atoms with E-state index in [0.29, 0.717) is 11.6 Å². The first kappa shape index (κ1) is 13.8. The zero-order valence-electron chi connectivity index (χ0n) is 11.5. The molecule has 1 aliphatic heterocycles. The molecule has 7 nitrogen and oxygen atoms in total. The number of likely N-dealkylation sites (N-methyl/N-ethyl adjacent to an activating group) is 1. The fraction of sp³-hybridized carbons (Fsp3) is 0.667. The van der Waals surface area contributed by atoms with Crippen LogP contribution < -0.4 is 16.4 Å². The molecule has 1 aromatic rings. The second-order valence-electron chi connectivity index (χ2n) is 4.51. The summed E-state index contributed by atoms with van der Waals surface area (Å²) in [4.78, 5) is 10.6. The summed E-state index contributed by atoms with van der Waals surface area (Å²) in [6.45, 7) is 6.69. The molecule has 2 rings (SSSR count). The van der Waals surface area contributed by atoms with Gasteiger partial charge in [-0.3, -0.25) is 4.90 Å². The van der Waals surface area contributed by atoms with E-state index in [0.717, 1.165) is 32.8 Å². The Hall–Kier alpha value is -1.60. The third kappa shape index (κ3) is 3.93. The predicted octanol–water partition coefficient (Wildman–Crippen LogP) is 0.233. The zero-order chi connectivity index (χ0) is 13.7. The van der Waals surface area contributed by atoms with Crippen LogP contribution >= 0.6 is 0 Å². The fourth-order valence-corrected chi connectivity index (χ4v) is 2.09. The van der Waals surface area contributed by atoms with Gasteiger partial charge in [0.1, 0.15) is 11.6 Å². The van der Waals surface area contributed by atoms with Crippen molar-refractivity contribution in [3.8, 4) is 0 Å². The summed E-state index contributed by atoms with van der Waals surface area (Å²) < 4.78 is 5.72. The number of aromatic nitrogens is 2. The average molecular weight is 266 g/mol. The first-order valence-corrected chi connectivity index (χ1v) is 6.61. The van der Waals surface area contributed by atoms with Crippen LogP contribution in [-0.2, 0) is 4.74 Å². The highest BCUT2D eigenvalue weighted by molar-refractivity contribution is 5.50. The lowest BCUT2D eigenvalue weighted by molar-refractivity contribution is -0.0192. The van der Waals surface area contributed by atoms with E-state index >= 15 is 0 Å². The summed E-state index contributed by atoms with van der Waals surface area (Å²) in [7, 11) is 1.80. The number of rotatable bonds is 5. The van der Waals surface area contributed by atoms with Gasteiger partial charge in [0.25, 0.3) is 0 Å². The lowest BCUT2D eigenvalue weighted by Gasteiger charge is -2.32. The monoisotopic (exact) mass is 266 g/mol. The van der Waals surface area contributed by atoms with Gasteiger partial charge in [0.2, 0.25) is 5.95 Å². The maximum atomic E-state index is 5.72. The molecule has 106 valence electrons. The molecule has 7 heteroatoms. The number of nitrogens with one attached hydrogen (secondary N) is 2. The van der Waals surface area contributed by atoms with Crippen molar-refractivity contribution in [2.24, 2.45) is 0 Å². The highest BCUT2D eigenvalue weighted by atomic mass is 16.5. The van der Waals surface area contributed by atoms with E-state index < -0.39 is 0 Å². The zero-order valence-corrected chi connectivity index (χ0v) is 11.5. The molecule has 0 radical (unpaired) electrons. The van der Waals surface area contributed by atoms with Crippen LogP contribution in [0.15, 0.2) is 6.07 Å². The highest BCUT2D eigenvalue weighted by Crippen LogP contribution is 2.12. The summed E-state index contributed by atoms with van der Waals surface area (Å²) in [6.07, 6.45) is 0.183. The summed E-state index contributed by atoms with van der Waals surface area (Å²) in [6, 6.07) is 1.83. The quantitative estimate of drug-likeness (QED) is 0.703. The molecule has 0 spiro atoms. The van der Waals surface area contributed by atoms with E-state index in [4.69, 9.17) is 10.5 Å². The van der Waals surface area contributed by atoms with Gasteiger partial charge in [0, 0.05) is 32.7 Å². The first-order chi connectivity index (χ1) is 9.21. The number of morpholine rings is 1. The summed E-state index contributed by atoms with van der Waals surface area (Å²) in [5.41, 5.74) is 5.65. The van der Waals surface area contributed by atoms with Gasteiger partial charge in [0.05, 0.1) is 12.7 Å². The molecule has 0 amide bonds. The third-order valence-electron chi connectivity index (χ3n) is 3.18. The predicted molar refractivity (Wildman–Crippen MR) is 76.3 cm³/mol. The van der Waals surface area contributed by atoms with Crippen LogP contribution in [-0.4, -0.2) is 60.8 Å². The lowest BCUT2D eigenvalue weighted by atomic mass is 10.2. The molecule has 1 saturated heterocycles. The number of hydrogen-bond donors (Lipinski definition) is 3. The Morgan fingerprint density at radius 1 is 1.47 bits per heavy atom. The van der Waals surface area contributed by atoms with E-state index in [1.54, 1.807) is 7.05 Å². The van der Waals surface area contributed by atoms with Gasteiger partial charge < -0.3 is 21.1 Å². The maximum Gasteiger partial charge on any atom is 0.223 e. The first-order valence-electron chi connectivity index (χ1n) is 6.61. The van der Waals surface area contributed by atoms with Crippen LogP contribution in [0, 0.1) is 0 Å². The Morgan fingerprint density at radius 3 is 3.00 bits per heavy atom. The molecule has 1 atom stereocenters. The summed E-state index contributed by atoms with van der Waals surface area (Å²) >= 11 is 0. The van der Waals surface area contributed by atoms with E-state index in [-0.39, 0.29) is 12.1 Å². The van der Waals surface area contributed by atoms with Crippen molar-refractivity contribution >= 4 is 17.6 Å². The molecule has 0 aliphatic carbocycles. The minimum absolute atomic E-state index is 0.183. The van der Waals surface area contributed by atoms with Gasteiger partial charge in [-0.15, -0.1) is 0 Å². The Labute approximate surface area is 113 Å². The van der Waals surface area contributed by atoms with Gasteiger partial charge in [-0.2, -0.15) is 9.97 Å². The molecule has 1 aromatic heterocycles. The van der Waals surface area contributed by atoms with Crippen molar-refractivity contribution < 1.29 is 4.74 Å². The SMILES string of the molecule is CCN1CCOC(CNc2cc(NC)nc(N)n2)C1. The normalized spacial score (nSPS) is 20.2. The second-order valence-corrected chi connectivity index (χ2v) is 4.51. The Balaban J connectivity index is 1.89. The van der Waals surface area contributed by atoms with Crippen molar-refractivity contribution in [1.29, 1.82) is 0 Å². The van der Waals surface area contributed by atoms with Gasteiger partial charge >= 0.3 is 0 Å². The summed E-state index contributed by atoms with van der Waals surface area (Å²) in [5, 5.41) is 6.20. The van der Waals surface area contributed by atoms with Crippen LogP contribution in [0.2, 0.25) is 0 Å². The molecule has 2 heterocycles. The van der Waals surface area contributed by atoms with Gasteiger partial charge in [-0.25, -0.2) is 0 Å². The maximum absolute atomic E-state index is 5.72. The topological polar surface area (TPSA) is 88.3 Å². The number of nitrogens with zero attached hydrogens (tertiary/aromatic N) is 3. The number of nitrogens with two attached hydrogens (primary N) is 1. The molecule has 1 aliphatic rings. The van der Waals surface area contributed by atoms with Crippen molar-refractivity contribution in [3.05, 3.63) is 6.07 Å². The highest BCUT2D eigenvalue weighted by Gasteiger charge is 2.19. The smallest absolute Gasteiger partial charge is 0.223 e. The largest absolute Gasteiger partial charge is 0.374 e. The van der Waals surface area contributed by atoms with Crippen LogP contribution in [0.5, 0.6) is 0 Å². The fourth-order valence-electron chi connectivity index (χ4n) is 2.09. The van der Waals surface area contributed by atoms with Crippen LogP contribution in [0.3, 0.4) is 0 Å². The lowest BCUT2D eigenvalue weighted by Crippen LogP contribution is -2.45. The minimum atomic E-state index is 0.183. The van der Waals surface area contributed by atoms with Gasteiger partial charge in [-0.05, 0) is 6.54 Å². The van der Waals surface area contributed by atoms with Crippen LogP contribution in [0.25, 0.3) is 0 Å². The van der Waals surface area contributed by atoms with Crippen LogP contribution in [0.1, 0.15) is 6.92 Å². The minimum Gasteiger partial charge on any atom is -0.374 e. The van der Waals surface area contributed by atoms with E-state index in [1.165, 1.54) is 0 Å². The molecular weight excluding hydrogens is 244 g/mol. The Kier molecular flexibility index (Phi) is 4.75. The van der Waals surface area contributed by atoms with Crippen molar-refractivity contribution in [2.75, 3.05) is 56.2 Å². The third-order valence-corrected chi connectivity index (χ3v) is 3.18. The van der Waals surface area contributed by atoms with Crippen molar-refractivity contribution in [2.45, 2.75) is 13.0 Å². The summed E-state index contributed by atoms with van der Waals surface area (Å²) in [5.74, 6) is 1.68. The van der Waals surface area contributed by atoms with E-state index in [1.807, 2.05) is 6.07 Å². The van der Waals surface area contributed by atoms with Gasteiger partial charge in [-0.1, -0.05) is 6.92 Å². The number of hydrogen-bond acceptors (Lipinski definition) is 7. The second kappa shape index (κ2) is 6.53. The average Bonchev–Trinajstić information content (AvgIpc) is 2.44. The number of anilines is 3. The molecule has 1 unspecified atom stereocenters. The Morgan fingerprint density at radius 2 is 2.26 bits per heavy atom. The molecular formula is C12H22N6O. The molecule has 19 heavy (non-hydrogen) atoms. The van der Waals surface area contributed by atoms with Crippen molar-refractivity contribution in [1.82, 2.24) is 14.9 Å². The number of ether oxygens (including phenoxy) is 1. The molecule has 0 bridgehead atoms. The van der Waals surface area contributed by atoms with Gasteiger partial charge in [0.15, 0.2) is 0 Å². The van der Waals surface area contributed by atoms with E-state index in [2.05, 4.69) is 32.4 Å². The molecule has 0 aromatic carbocycles. The standard InChI is InChI=1S/C12H22N6O/c1-3-18-4-5-19-9(8-18)7-15-11-6-10(14-2)16-12(13)17-11/h6,9H,3-5,7-8H2,1-2H3,(H4,13,14,15,16,17). The van der Waals surface area contributed by atoms with Crippen LogP contribution in [0.4, 0.5) is 17.6 Å².